The number of urea groups is 1. The number of rotatable bonds is 1. The van der Waals surface area contributed by atoms with Gasteiger partial charge in [0.1, 0.15) is 18.7 Å². The Morgan fingerprint density at radius 1 is 1.33 bits per heavy atom. The highest BCUT2D eigenvalue weighted by atomic mass is 32.1. The summed E-state index contributed by atoms with van der Waals surface area (Å²) >= 11 is 1.53. The topological polar surface area (TPSA) is 66.9 Å². The van der Waals surface area contributed by atoms with Crippen LogP contribution < -0.4 is 19.7 Å². The van der Waals surface area contributed by atoms with Crippen LogP contribution in [0.25, 0.3) is 10.2 Å². The van der Waals surface area contributed by atoms with Crippen LogP contribution in [0.5, 0.6) is 11.5 Å². The average molecular weight is 346 g/mol. The lowest BCUT2D eigenvalue weighted by Crippen LogP contribution is -2.49. The molecule has 2 amide bonds. The molecule has 0 spiro atoms. The van der Waals surface area contributed by atoms with Crippen molar-refractivity contribution in [1.29, 1.82) is 0 Å². The number of benzene rings is 1. The van der Waals surface area contributed by atoms with Crippen LogP contribution in [0.15, 0.2) is 12.1 Å². The zero-order valence-electron chi connectivity index (χ0n) is 13.3. The molecule has 5 rings (SSSR count). The van der Waals surface area contributed by atoms with Crippen molar-refractivity contribution in [3.05, 3.63) is 12.1 Å². The predicted molar refractivity (Wildman–Crippen MR) is 91.3 cm³/mol. The van der Waals surface area contributed by atoms with Gasteiger partial charge >= 0.3 is 6.03 Å². The molecular formula is C16H18N4O3S. The third kappa shape index (κ3) is 2.06. The highest BCUT2D eigenvalue weighted by Crippen LogP contribution is 2.42. The SMILES string of the molecule is CN1CC[C@H]2[C@@H](C1)NC(=O)N2c1nc2c3c(ccc2s1)OCCO3. The number of carbonyl (C=O) groups is 1. The lowest BCUT2D eigenvalue weighted by Gasteiger charge is -2.33. The van der Waals surface area contributed by atoms with E-state index in [0.29, 0.717) is 19.0 Å². The van der Waals surface area contributed by atoms with Gasteiger partial charge in [-0.3, -0.25) is 4.90 Å². The number of aromatic nitrogens is 1. The second kappa shape index (κ2) is 5.22. The van der Waals surface area contributed by atoms with Crippen molar-refractivity contribution in [3.63, 3.8) is 0 Å². The van der Waals surface area contributed by atoms with Crippen LogP contribution in [0.1, 0.15) is 6.42 Å². The second-order valence-corrected chi connectivity index (χ2v) is 7.49. The number of nitrogens with one attached hydrogen (secondary N) is 1. The van der Waals surface area contributed by atoms with Crippen molar-refractivity contribution in [2.45, 2.75) is 18.5 Å². The Kier molecular flexibility index (Phi) is 3.11. The molecule has 0 unspecified atom stereocenters. The smallest absolute Gasteiger partial charge is 0.324 e. The molecule has 2 fully saturated rings. The fraction of sp³-hybridized carbons (Fsp3) is 0.500. The molecular weight excluding hydrogens is 328 g/mol. The maximum Gasteiger partial charge on any atom is 0.324 e. The van der Waals surface area contributed by atoms with E-state index in [2.05, 4.69) is 17.3 Å². The van der Waals surface area contributed by atoms with Gasteiger partial charge in [-0.1, -0.05) is 11.3 Å². The molecule has 1 aromatic carbocycles. The summed E-state index contributed by atoms with van der Waals surface area (Å²) in [6.45, 7) is 2.95. The lowest BCUT2D eigenvalue weighted by molar-refractivity contribution is 0.173. The number of hydrogen-bond acceptors (Lipinski definition) is 6. The number of likely N-dealkylation sites (tertiary alicyclic amines) is 1. The van der Waals surface area contributed by atoms with E-state index in [1.165, 1.54) is 11.3 Å². The predicted octanol–water partition coefficient (Wildman–Crippen LogP) is 1.67. The lowest BCUT2D eigenvalue weighted by atomic mass is 10.0. The molecule has 3 aliphatic heterocycles. The first-order valence-electron chi connectivity index (χ1n) is 8.18. The Labute approximate surface area is 143 Å². The van der Waals surface area contributed by atoms with Crippen molar-refractivity contribution in [2.24, 2.45) is 0 Å². The molecule has 2 saturated heterocycles. The zero-order valence-corrected chi connectivity index (χ0v) is 14.1. The Morgan fingerprint density at radius 3 is 3.12 bits per heavy atom. The molecule has 0 aliphatic carbocycles. The highest BCUT2D eigenvalue weighted by molar-refractivity contribution is 7.22. The molecule has 3 aliphatic rings. The molecule has 126 valence electrons. The summed E-state index contributed by atoms with van der Waals surface area (Å²) in [6.07, 6.45) is 0.952. The number of likely N-dealkylation sites (N-methyl/N-ethyl adjacent to an activating group) is 1. The monoisotopic (exact) mass is 346 g/mol. The first-order chi connectivity index (χ1) is 11.7. The van der Waals surface area contributed by atoms with E-state index in [0.717, 1.165) is 40.6 Å². The van der Waals surface area contributed by atoms with E-state index in [4.69, 9.17) is 14.5 Å². The molecule has 7 nitrogen and oxygen atoms in total. The van der Waals surface area contributed by atoms with Crippen LogP contribution in [-0.4, -0.2) is 61.3 Å². The van der Waals surface area contributed by atoms with Gasteiger partial charge in [-0.2, -0.15) is 0 Å². The number of carbonyl (C=O) groups excluding carboxylic acids is 1. The molecule has 1 N–H and O–H groups in total. The fourth-order valence-corrected chi connectivity index (χ4v) is 4.77. The maximum absolute atomic E-state index is 12.5. The van der Waals surface area contributed by atoms with Gasteiger partial charge in [-0.15, -0.1) is 0 Å². The van der Waals surface area contributed by atoms with Crippen molar-refractivity contribution < 1.29 is 14.3 Å². The highest BCUT2D eigenvalue weighted by Gasteiger charge is 2.44. The Hall–Kier alpha value is -2.06. The van der Waals surface area contributed by atoms with Crippen LogP contribution in [0, 0.1) is 0 Å². The van der Waals surface area contributed by atoms with Gasteiger partial charge in [0.15, 0.2) is 16.6 Å². The number of thiazole rings is 1. The van der Waals surface area contributed by atoms with Gasteiger partial charge < -0.3 is 19.7 Å². The molecule has 24 heavy (non-hydrogen) atoms. The van der Waals surface area contributed by atoms with E-state index in [1.54, 1.807) is 0 Å². The van der Waals surface area contributed by atoms with Crippen LogP contribution >= 0.6 is 11.3 Å². The van der Waals surface area contributed by atoms with Crippen molar-refractivity contribution in [3.8, 4) is 11.5 Å². The molecule has 8 heteroatoms. The van der Waals surface area contributed by atoms with E-state index >= 15 is 0 Å². The molecule has 0 radical (unpaired) electrons. The Morgan fingerprint density at radius 2 is 2.21 bits per heavy atom. The molecule has 2 atom stereocenters. The number of anilines is 1. The molecule has 2 aromatic rings. The second-order valence-electron chi connectivity index (χ2n) is 6.48. The quantitative estimate of drug-likeness (QED) is 0.851. The van der Waals surface area contributed by atoms with Crippen LogP contribution in [0.4, 0.5) is 9.93 Å². The van der Waals surface area contributed by atoms with E-state index < -0.39 is 0 Å². The number of amides is 2. The summed E-state index contributed by atoms with van der Waals surface area (Å²) in [6, 6.07) is 4.19. The van der Waals surface area contributed by atoms with Gasteiger partial charge in [-0.25, -0.2) is 9.78 Å². The Bertz CT molecular complexity index is 823. The minimum atomic E-state index is -0.0506. The summed E-state index contributed by atoms with van der Waals surface area (Å²) in [4.78, 5) is 21.3. The van der Waals surface area contributed by atoms with Crippen LogP contribution in [0.2, 0.25) is 0 Å². The van der Waals surface area contributed by atoms with Crippen molar-refractivity contribution in [1.82, 2.24) is 15.2 Å². The third-order valence-corrected chi connectivity index (χ3v) is 5.92. The van der Waals surface area contributed by atoms with E-state index in [9.17, 15) is 4.79 Å². The van der Waals surface area contributed by atoms with Gasteiger partial charge in [0.25, 0.3) is 0 Å². The summed E-state index contributed by atoms with van der Waals surface area (Å²) in [5.41, 5.74) is 0.788. The zero-order chi connectivity index (χ0) is 16.3. The Balaban J connectivity index is 1.56. The van der Waals surface area contributed by atoms with Gasteiger partial charge in [0, 0.05) is 6.54 Å². The van der Waals surface area contributed by atoms with Crippen LogP contribution in [-0.2, 0) is 0 Å². The fourth-order valence-electron chi connectivity index (χ4n) is 3.75. The molecule has 4 heterocycles. The number of piperidine rings is 1. The normalized spacial score (nSPS) is 26.5. The number of ether oxygens (including phenoxy) is 2. The summed E-state index contributed by atoms with van der Waals surface area (Å²) in [5.74, 6) is 1.43. The minimum absolute atomic E-state index is 0.0506. The summed E-state index contributed by atoms with van der Waals surface area (Å²) in [5, 5.41) is 3.84. The molecule has 0 saturated carbocycles. The first-order valence-corrected chi connectivity index (χ1v) is 9.00. The third-order valence-electron chi connectivity index (χ3n) is 4.90. The molecule has 1 aromatic heterocycles. The maximum atomic E-state index is 12.5. The average Bonchev–Trinajstić information content (AvgIpc) is 3.14. The van der Waals surface area contributed by atoms with E-state index in [-0.39, 0.29) is 18.1 Å². The van der Waals surface area contributed by atoms with Crippen molar-refractivity contribution in [2.75, 3.05) is 38.3 Å². The minimum Gasteiger partial charge on any atom is -0.486 e. The number of nitrogens with zero attached hydrogens (tertiary/aromatic N) is 3. The van der Waals surface area contributed by atoms with Crippen molar-refractivity contribution >= 4 is 32.7 Å². The van der Waals surface area contributed by atoms with E-state index in [1.807, 2.05) is 17.0 Å². The molecule has 0 bridgehead atoms. The van der Waals surface area contributed by atoms with Crippen LogP contribution in [0.3, 0.4) is 0 Å². The standard InChI is InChI=1S/C16H18N4O3S/c1-19-5-4-10-9(8-19)17-15(21)20(10)16-18-13-12(24-16)3-2-11-14(13)23-7-6-22-11/h2-3,9-10H,4-8H2,1H3,(H,17,21)/t9-,10+/m1/s1. The number of hydrogen-bond donors (Lipinski definition) is 1. The summed E-state index contributed by atoms with van der Waals surface area (Å²) in [7, 11) is 2.09. The van der Waals surface area contributed by atoms with Gasteiger partial charge in [0.05, 0.1) is 16.8 Å². The first kappa shape index (κ1) is 14.3. The summed E-state index contributed by atoms with van der Waals surface area (Å²) < 4.78 is 12.4. The van der Waals surface area contributed by atoms with Gasteiger partial charge in [-0.05, 0) is 32.1 Å². The number of fused-ring (bicyclic) bond motifs is 4. The largest absolute Gasteiger partial charge is 0.486 e. The van der Waals surface area contributed by atoms with Gasteiger partial charge in [0.2, 0.25) is 0 Å².